The van der Waals surface area contributed by atoms with E-state index < -0.39 is 8.07 Å². The molecule has 2 nitrogen and oxygen atoms in total. The second-order valence-electron chi connectivity index (χ2n) is 12.9. The Hall–Kier alpha value is -2.13. The molecule has 0 bridgehead atoms. The fraction of sp³-hybridized carbons (Fsp3) is 0.531. The number of aromatic nitrogens is 2. The Morgan fingerprint density at radius 1 is 0.800 bits per heavy atom. The highest BCUT2D eigenvalue weighted by Gasteiger charge is 2.61. The number of rotatable bonds is 4. The Balaban J connectivity index is 2.28. The van der Waals surface area contributed by atoms with E-state index in [1.165, 1.54) is 44.0 Å². The highest BCUT2D eigenvalue weighted by molar-refractivity contribution is 6.98. The maximum absolute atomic E-state index is 2.69. The van der Waals surface area contributed by atoms with E-state index in [-0.39, 0.29) is 5.04 Å². The van der Waals surface area contributed by atoms with Gasteiger partial charge in [0.2, 0.25) is 11.0 Å². The van der Waals surface area contributed by atoms with E-state index in [9.17, 15) is 0 Å². The fourth-order valence-corrected chi connectivity index (χ4v) is 16.7. The number of nitrogens with zero attached hydrogens (tertiary/aromatic N) is 2. The maximum Gasteiger partial charge on any atom is 0.247 e. The molecule has 5 rings (SSSR count). The predicted molar refractivity (Wildman–Crippen MR) is 155 cm³/mol. The molecule has 3 heteroatoms. The molecule has 0 saturated carbocycles. The minimum Gasteiger partial charge on any atom is -0.149 e. The first kappa shape index (κ1) is 24.6. The van der Waals surface area contributed by atoms with E-state index in [4.69, 9.17) is 0 Å². The van der Waals surface area contributed by atoms with E-state index in [2.05, 4.69) is 123 Å². The van der Waals surface area contributed by atoms with Crippen LogP contribution in [0.5, 0.6) is 0 Å². The zero-order valence-corrected chi connectivity index (χ0v) is 25.1. The molecule has 0 atom stereocenters. The van der Waals surface area contributed by atoms with Crippen molar-refractivity contribution in [1.29, 1.82) is 0 Å². The lowest BCUT2D eigenvalue weighted by molar-refractivity contribution is -0.586. The van der Waals surface area contributed by atoms with Crippen LogP contribution in [0.25, 0.3) is 27.2 Å². The zero-order valence-electron chi connectivity index (χ0n) is 24.1. The molecule has 0 amide bonds. The van der Waals surface area contributed by atoms with Gasteiger partial charge in [-0.05, 0) is 66.9 Å². The summed E-state index contributed by atoms with van der Waals surface area (Å²) in [5, 5.41) is 6.27. The summed E-state index contributed by atoms with van der Waals surface area (Å²) >= 11 is 0. The molecule has 0 fully saturated rings. The van der Waals surface area contributed by atoms with Crippen molar-refractivity contribution in [3.05, 3.63) is 52.7 Å². The van der Waals surface area contributed by atoms with E-state index in [0.717, 1.165) is 0 Å². The molecule has 0 radical (unpaired) electrons. The Morgan fingerprint density at radius 3 is 1.97 bits per heavy atom. The molecule has 0 aliphatic carbocycles. The summed E-state index contributed by atoms with van der Waals surface area (Å²) in [6.45, 7) is 29.4. The summed E-state index contributed by atoms with van der Waals surface area (Å²) in [6.07, 6.45) is 0. The number of fused-ring (bicyclic) bond motifs is 3. The summed E-state index contributed by atoms with van der Waals surface area (Å²) in [5.41, 5.74) is 10.2. The predicted octanol–water partition coefficient (Wildman–Crippen LogP) is 8.16. The largest absolute Gasteiger partial charge is 0.247 e. The third-order valence-corrected chi connectivity index (χ3v) is 17.0. The average molecular weight is 486 g/mol. The van der Waals surface area contributed by atoms with Gasteiger partial charge in [-0.3, -0.25) is 0 Å². The van der Waals surface area contributed by atoms with Crippen molar-refractivity contribution >= 4 is 40.5 Å². The van der Waals surface area contributed by atoms with Gasteiger partial charge < -0.3 is 0 Å². The highest BCUT2D eigenvalue weighted by Crippen LogP contribution is 2.53. The monoisotopic (exact) mass is 485 g/mol. The molecule has 0 N–H and O–H groups in total. The minimum absolute atomic E-state index is 0.138. The van der Waals surface area contributed by atoms with Gasteiger partial charge in [0.05, 0.1) is 22.5 Å². The van der Waals surface area contributed by atoms with Crippen LogP contribution >= 0.6 is 0 Å². The highest BCUT2D eigenvalue weighted by atomic mass is 28.3. The van der Waals surface area contributed by atoms with Crippen molar-refractivity contribution in [2.45, 2.75) is 111 Å². The van der Waals surface area contributed by atoms with Gasteiger partial charge in [0, 0.05) is 16.1 Å². The minimum atomic E-state index is -2.05. The van der Waals surface area contributed by atoms with E-state index >= 15 is 0 Å². The fourth-order valence-electron chi connectivity index (χ4n) is 8.72. The third-order valence-electron chi connectivity index (χ3n) is 9.62. The van der Waals surface area contributed by atoms with Crippen LogP contribution in [0.4, 0.5) is 0 Å². The van der Waals surface area contributed by atoms with Gasteiger partial charge in [-0.2, -0.15) is 0 Å². The van der Waals surface area contributed by atoms with E-state index in [0.29, 0.717) is 23.0 Å². The van der Waals surface area contributed by atoms with Crippen molar-refractivity contribution in [3.8, 4) is 0 Å². The maximum atomic E-state index is 2.69. The molecule has 4 aromatic rings. The number of benzene rings is 2. The van der Waals surface area contributed by atoms with Crippen LogP contribution in [0.1, 0.15) is 104 Å². The molecule has 0 spiro atoms. The van der Waals surface area contributed by atoms with Gasteiger partial charge in [-0.1, -0.05) is 84.2 Å². The number of para-hydroxylation sites is 1. The van der Waals surface area contributed by atoms with Crippen LogP contribution in [0.2, 0.25) is 11.1 Å². The first-order valence-corrected chi connectivity index (χ1v) is 15.9. The van der Waals surface area contributed by atoms with Crippen molar-refractivity contribution < 1.29 is 4.52 Å². The molecule has 0 saturated heterocycles. The first-order valence-electron chi connectivity index (χ1n) is 13.8. The SMILES string of the molecule is Cc1ccc2c3c1c1cccc(C(C)C)c1[n+]1c3c(c(C)n1C(C)C)[Si](C(C)C)(C(C)C)C2(C)C. The average Bonchev–Trinajstić information content (AvgIpc) is 3.06. The molecule has 0 unspecified atom stereocenters. The first-order chi connectivity index (χ1) is 16.3. The van der Waals surface area contributed by atoms with Crippen molar-refractivity contribution in [1.82, 2.24) is 4.68 Å². The molecule has 35 heavy (non-hydrogen) atoms. The van der Waals surface area contributed by atoms with Gasteiger partial charge in [-0.15, -0.1) is 4.68 Å². The van der Waals surface area contributed by atoms with Crippen LogP contribution in [0.15, 0.2) is 30.3 Å². The van der Waals surface area contributed by atoms with Gasteiger partial charge >= 0.3 is 0 Å². The quantitative estimate of drug-likeness (QED) is 0.157. The van der Waals surface area contributed by atoms with Crippen LogP contribution < -0.4 is 9.70 Å². The van der Waals surface area contributed by atoms with Crippen LogP contribution in [0, 0.1) is 13.8 Å². The Morgan fingerprint density at radius 2 is 1.43 bits per heavy atom. The second-order valence-corrected chi connectivity index (χ2v) is 18.7. The van der Waals surface area contributed by atoms with Crippen LogP contribution in [-0.4, -0.2) is 12.8 Å². The van der Waals surface area contributed by atoms with E-state index in [1.807, 2.05) is 0 Å². The van der Waals surface area contributed by atoms with Crippen LogP contribution in [0.3, 0.4) is 0 Å². The topological polar surface area (TPSA) is 9.03 Å². The Bertz CT molecular complexity index is 1490. The molecular formula is C32H45N2Si+. The lowest BCUT2D eigenvalue weighted by Gasteiger charge is -2.53. The standard InChI is InChI=1S/C32H45N2Si/c1-18(2)24-14-13-15-25-27-22(9)16-17-26-28(27)30-31(23(10)33(19(3)4)34(30)29(24)25)35(20(5)6,21(7)8)32(26,11)12/h13-21H,1-12H3/q+1. The molecule has 1 aliphatic heterocycles. The summed E-state index contributed by atoms with van der Waals surface area (Å²) < 4.78 is 5.34. The summed E-state index contributed by atoms with van der Waals surface area (Å²) in [6, 6.07) is 12.3. The second kappa shape index (κ2) is 7.68. The number of aryl methyl sites for hydroxylation is 1. The molecule has 2 aromatic carbocycles. The van der Waals surface area contributed by atoms with Gasteiger partial charge in [-0.25, -0.2) is 0 Å². The van der Waals surface area contributed by atoms with Gasteiger partial charge in [0.25, 0.3) is 0 Å². The van der Waals surface area contributed by atoms with E-state index in [1.54, 1.807) is 10.8 Å². The zero-order chi connectivity index (χ0) is 25.8. The Kier molecular flexibility index (Phi) is 5.39. The number of hydrogen-bond acceptors (Lipinski definition) is 0. The number of pyridine rings is 1. The lowest BCUT2D eigenvalue weighted by atomic mass is 9.88. The van der Waals surface area contributed by atoms with Crippen molar-refractivity contribution in [3.63, 3.8) is 0 Å². The summed E-state index contributed by atoms with van der Waals surface area (Å²) in [7, 11) is -2.05. The summed E-state index contributed by atoms with van der Waals surface area (Å²) in [4.78, 5) is 0. The van der Waals surface area contributed by atoms with Crippen LogP contribution in [-0.2, 0) is 5.04 Å². The smallest absolute Gasteiger partial charge is 0.149 e. The molecule has 2 aromatic heterocycles. The van der Waals surface area contributed by atoms with Crippen molar-refractivity contribution in [2.24, 2.45) is 0 Å². The lowest BCUT2D eigenvalue weighted by Crippen LogP contribution is -2.68. The third kappa shape index (κ3) is 2.74. The van der Waals surface area contributed by atoms with Gasteiger partial charge in [0.15, 0.2) is 0 Å². The van der Waals surface area contributed by atoms with Gasteiger partial charge in [0.1, 0.15) is 8.07 Å². The normalized spacial score (nSPS) is 16.9. The number of hydrogen-bond donors (Lipinski definition) is 0. The molecule has 1 aliphatic rings. The molecule has 3 heterocycles. The van der Waals surface area contributed by atoms with Crippen molar-refractivity contribution in [2.75, 3.05) is 0 Å². The molecule has 186 valence electrons. The summed E-state index contributed by atoms with van der Waals surface area (Å²) in [5.74, 6) is 0.464. The Labute approximate surface area is 213 Å². The molecular weight excluding hydrogens is 440 g/mol.